The Kier molecular flexibility index (Phi) is 4.81. The smallest absolute Gasteiger partial charge is 0.223 e. The van der Waals surface area contributed by atoms with Crippen molar-refractivity contribution in [2.45, 2.75) is 38.6 Å². The summed E-state index contributed by atoms with van der Waals surface area (Å²) in [6.07, 6.45) is 5.29. The second kappa shape index (κ2) is 6.59. The van der Waals surface area contributed by atoms with Crippen LogP contribution in [0.1, 0.15) is 31.9 Å². The minimum atomic E-state index is 0.225. The van der Waals surface area contributed by atoms with E-state index in [1.165, 1.54) is 12.8 Å². The molecule has 1 N–H and O–H groups in total. The second-order valence-electron chi connectivity index (χ2n) is 4.81. The molecule has 0 aliphatic carbocycles. The largest absolute Gasteiger partial charge is 0.469 e. The first kappa shape index (κ1) is 13.1. The minimum Gasteiger partial charge on any atom is -0.469 e. The number of carbonyl (C=O) groups is 1. The molecule has 2 rings (SSSR count). The molecule has 0 bridgehead atoms. The van der Waals surface area contributed by atoms with E-state index in [2.05, 4.69) is 5.32 Å². The molecule has 0 saturated carbocycles. The van der Waals surface area contributed by atoms with Crippen LogP contribution in [-0.2, 0) is 11.2 Å². The number of carbonyl (C=O) groups excluding carboxylic acids is 1. The normalized spacial score (nSPS) is 19.1. The Balaban J connectivity index is 1.77. The first-order chi connectivity index (χ1) is 8.79. The zero-order valence-electron chi connectivity index (χ0n) is 11.0. The van der Waals surface area contributed by atoms with Crippen LogP contribution in [0.4, 0.5) is 0 Å². The number of aryl methyl sites for hydroxylation is 1. The van der Waals surface area contributed by atoms with Gasteiger partial charge in [-0.05, 0) is 38.4 Å². The van der Waals surface area contributed by atoms with E-state index < -0.39 is 0 Å². The summed E-state index contributed by atoms with van der Waals surface area (Å²) >= 11 is 0. The first-order valence-corrected chi connectivity index (χ1v) is 6.83. The molecule has 0 radical (unpaired) electrons. The fourth-order valence-electron chi connectivity index (χ4n) is 2.43. The molecule has 1 saturated heterocycles. The Labute approximate surface area is 108 Å². The predicted octanol–water partition coefficient (Wildman–Crippen LogP) is 1.81. The molecule has 1 aromatic rings. The summed E-state index contributed by atoms with van der Waals surface area (Å²) in [5.74, 6) is 1.11. The lowest BCUT2D eigenvalue weighted by Gasteiger charge is -2.24. The number of likely N-dealkylation sites (N-methyl/N-ethyl adjacent to an activating group) is 1. The summed E-state index contributed by atoms with van der Waals surface area (Å²) in [5.41, 5.74) is 0. The van der Waals surface area contributed by atoms with Crippen molar-refractivity contribution in [2.24, 2.45) is 0 Å². The third kappa shape index (κ3) is 3.60. The molecule has 1 fully saturated rings. The number of hydrogen-bond acceptors (Lipinski definition) is 3. The second-order valence-corrected chi connectivity index (χ2v) is 4.81. The van der Waals surface area contributed by atoms with Crippen molar-refractivity contribution in [3.8, 4) is 0 Å². The van der Waals surface area contributed by atoms with E-state index in [-0.39, 0.29) is 5.91 Å². The summed E-state index contributed by atoms with van der Waals surface area (Å²) in [7, 11) is 0. The molecule has 0 spiro atoms. The lowest BCUT2D eigenvalue weighted by Crippen LogP contribution is -2.41. The molecule has 4 nitrogen and oxygen atoms in total. The third-order valence-corrected chi connectivity index (χ3v) is 3.50. The van der Waals surface area contributed by atoms with Crippen molar-refractivity contribution in [1.82, 2.24) is 10.2 Å². The van der Waals surface area contributed by atoms with Crippen LogP contribution in [0.2, 0.25) is 0 Å². The van der Waals surface area contributed by atoms with Crippen LogP contribution in [0.15, 0.2) is 22.8 Å². The molecule has 1 aromatic heterocycles. The summed E-state index contributed by atoms with van der Waals surface area (Å²) in [6, 6.07) is 4.26. The van der Waals surface area contributed by atoms with Crippen LogP contribution in [0.5, 0.6) is 0 Å². The maximum absolute atomic E-state index is 12.1. The van der Waals surface area contributed by atoms with Crippen LogP contribution in [0, 0.1) is 0 Å². The average molecular weight is 250 g/mol. The number of amides is 1. The number of furan rings is 1. The van der Waals surface area contributed by atoms with E-state index in [1.807, 2.05) is 24.0 Å². The lowest BCUT2D eigenvalue weighted by molar-refractivity contribution is -0.131. The van der Waals surface area contributed by atoms with Gasteiger partial charge in [-0.3, -0.25) is 4.79 Å². The molecule has 0 aromatic carbocycles. The first-order valence-electron chi connectivity index (χ1n) is 6.83. The van der Waals surface area contributed by atoms with Crippen LogP contribution >= 0.6 is 0 Å². The van der Waals surface area contributed by atoms with Gasteiger partial charge in [0, 0.05) is 32.0 Å². The van der Waals surface area contributed by atoms with Gasteiger partial charge in [-0.2, -0.15) is 0 Å². The number of hydrogen-bond donors (Lipinski definition) is 1. The van der Waals surface area contributed by atoms with E-state index in [0.29, 0.717) is 18.9 Å². The van der Waals surface area contributed by atoms with Crippen LogP contribution in [0.3, 0.4) is 0 Å². The van der Waals surface area contributed by atoms with E-state index in [1.54, 1.807) is 6.26 Å². The fraction of sp³-hybridized carbons (Fsp3) is 0.643. The molecule has 4 heteroatoms. The van der Waals surface area contributed by atoms with Crippen molar-refractivity contribution in [3.63, 3.8) is 0 Å². The van der Waals surface area contributed by atoms with Gasteiger partial charge in [-0.25, -0.2) is 0 Å². The number of rotatable bonds is 6. The molecule has 1 aliphatic heterocycles. The summed E-state index contributed by atoms with van der Waals surface area (Å²) in [5, 5.41) is 3.43. The Morgan fingerprint density at radius 3 is 3.11 bits per heavy atom. The standard InChI is InChI=1S/C14H22N2O2/c1-2-16(11-12-5-3-9-15-12)14(17)8-7-13-6-4-10-18-13/h4,6,10,12,15H,2-3,5,7-9,11H2,1H3. The van der Waals surface area contributed by atoms with E-state index in [4.69, 9.17) is 4.42 Å². The van der Waals surface area contributed by atoms with Crippen LogP contribution in [0.25, 0.3) is 0 Å². The monoisotopic (exact) mass is 250 g/mol. The maximum Gasteiger partial charge on any atom is 0.223 e. The van der Waals surface area contributed by atoms with Crippen molar-refractivity contribution in [2.75, 3.05) is 19.6 Å². The van der Waals surface area contributed by atoms with Crippen LogP contribution < -0.4 is 5.32 Å². The Bertz CT molecular complexity index is 356. The highest BCUT2D eigenvalue weighted by molar-refractivity contribution is 5.76. The fourth-order valence-corrected chi connectivity index (χ4v) is 2.43. The molecule has 1 aliphatic rings. The van der Waals surface area contributed by atoms with E-state index in [0.717, 1.165) is 25.4 Å². The van der Waals surface area contributed by atoms with Crippen molar-refractivity contribution in [1.29, 1.82) is 0 Å². The molecule has 2 heterocycles. The Morgan fingerprint density at radius 2 is 2.50 bits per heavy atom. The highest BCUT2D eigenvalue weighted by Gasteiger charge is 2.20. The summed E-state index contributed by atoms with van der Waals surface area (Å²) in [6.45, 7) is 4.76. The molecule has 1 amide bonds. The third-order valence-electron chi connectivity index (χ3n) is 3.50. The topological polar surface area (TPSA) is 45.5 Å². The Morgan fingerprint density at radius 1 is 1.61 bits per heavy atom. The van der Waals surface area contributed by atoms with Gasteiger partial charge in [-0.15, -0.1) is 0 Å². The van der Waals surface area contributed by atoms with E-state index >= 15 is 0 Å². The zero-order chi connectivity index (χ0) is 12.8. The van der Waals surface area contributed by atoms with Gasteiger partial charge in [0.15, 0.2) is 0 Å². The molecule has 18 heavy (non-hydrogen) atoms. The lowest BCUT2D eigenvalue weighted by atomic mass is 10.2. The van der Waals surface area contributed by atoms with Gasteiger partial charge in [0.1, 0.15) is 5.76 Å². The van der Waals surface area contributed by atoms with Gasteiger partial charge < -0.3 is 14.6 Å². The summed E-state index contributed by atoms with van der Waals surface area (Å²) in [4.78, 5) is 14.1. The quantitative estimate of drug-likeness (QED) is 0.837. The van der Waals surface area contributed by atoms with E-state index in [9.17, 15) is 4.79 Å². The van der Waals surface area contributed by atoms with Crippen molar-refractivity contribution < 1.29 is 9.21 Å². The number of nitrogens with one attached hydrogen (secondary N) is 1. The average Bonchev–Trinajstić information content (AvgIpc) is 3.06. The zero-order valence-corrected chi connectivity index (χ0v) is 11.0. The molecular weight excluding hydrogens is 228 g/mol. The SMILES string of the molecule is CCN(CC1CCCN1)C(=O)CCc1ccco1. The van der Waals surface area contributed by atoms with Gasteiger partial charge >= 0.3 is 0 Å². The van der Waals surface area contributed by atoms with Gasteiger partial charge in [0.25, 0.3) is 0 Å². The molecular formula is C14H22N2O2. The minimum absolute atomic E-state index is 0.225. The summed E-state index contributed by atoms with van der Waals surface area (Å²) < 4.78 is 5.25. The molecule has 100 valence electrons. The van der Waals surface area contributed by atoms with Gasteiger partial charge in [0.2, 0.25) is 5.91 Å². The predicted molar refractivity (Wildman–Crippen MR) is 70.3 cm³/mol. The van der Waals surface area contributed by atoms with Gasteiger partial charge in [-0.1, -0.05) is 0 Å². The van der Waals surface area contributed by atoms with Gasteiger partial charge in [0.05, 0.1) is 6.26 Å². The van der Waals surface area contributed by atoms with Crippen LogP contribution in [-0.4, -0.2) is 36.5 Å². The van der Waals surface area contributed by atoms with Crippen molar-refractivity contribution in [3.05, 3.63) is 24.2 Å². The molecule has 1 unspecified atom stereocenters. The number of nitrogens with zero attached hydrogens (tertiary/aromatic N) is 1. The highest BCUT2D eigenvalue weighted by Crippen LogP contribution is 2.10. The molecule has 1 atom stereocenters. The highest BCUT2D eigenvalue weighted by atomic mass is 16.3. The maximum atomic E-state index is 12.1. The Hall–Kier alpha value is -1.29. The van der Waals surface area contributed by atoms with Crippen molar-refractivity contribution >= 4 is 5.91 Å².